The molecule has 0 saturated carbocycles. The molecule has 102 valence electrons. The molecule has 1 heterocycles. The van der Waals surface area contributed by atoms with E-state index in [1.807, 2.05) is 34.6 Å². The van der Waals surface area contributed by atoms with E-state index in [1.54, 1.807) is 4.90 Å². The molecule has 1 aliphatic heterocycles. The molecule has 4 heteroatoms. The van der Waals surface area contributed by atoms with Crippen LogP contribution in [0, 0.1) is 11.3 Å². The Balaban J connectivity index is 2.99. The molecule has 0 spiro atoms. The van der Waals surface area contributed by atoms with E-state index in [0.717, 1.165) is 19.3 Å². The fourth-order valence-corrected chi connectivity index (χ4v) is 2.56. The highest BCUT2D eigenvalue weighted by Crippen LogP contribution is 2.35. The first-order valence-corrected chi connectivity index (χ1v) is 6.69. The topological polar surface area (TPSA) is 53.3 Å². The summed E-state index contributed by atoms with van der Waals surface area (Å²) in [5.41, 5.74) is -1.22. The summed E-state index contributed by atoms with van der Waals surface area (Å²) in [5, 5.41) is 9.48. The molecule has 0 N–H and O–H groups in total. The van der Waals surface area contributed by atoms with E-state index in [1.165, 1.54) is 0 Å². The number of rotatable bonds is 1. The highest BCUT2D eigenvalue weighted by Gasteiger charge is 2.45. The van der Waals surface area contributed by atoms with Gasteiger partial charge in [-0.1, -0.05) is 6.92 Å². The molecule has 0 aromatic rings. The number of carbonyl (C=O) groups is 1. The van der Waals surface area contributed by atoms with Gasteiger partial charge in [0.2, 0.25) is 0 Å². The Morgan fingerprint density at radius 2 is 2.17 bits per heavy atom. The highest BCUT2D eigenvalue weighted by molar-refractivity contribution is 5.70. The van der Waals surface area contributed by atoms with Gasteiger partial charge in [0.25, 0.3) is 0 Å². The first-order valence-electron chi connectivity index (χ1n) is 6.69. The van der Waals surface area contributed by atoms with Crippen LogP contribution in [-0.4, -0.2) is 28.2 Å². The standard InChI is InChI=1S/C14H24N2O2/c1-6-14(10-15)9-7-8-11(2)16(14)12(17)18-13(3,4)5/h11H,6-9H2,1-5H3/t11-,14-/m1/s1. The third-order valence-corrected chi connectivity index (χ3v) is 3.50. The second-order valence-electron chi connectivity index (χ2n) is 6.09. The van der Waals surface area contributed by atoms with Crippen molar-refractivity contribution in [1.82, 2.24) is 4.90 Å². The number of hydrogen-bond donors (Lipinski definition) is 0. The molecular formula is C14H24N2O2. The lowest BCUT2D eigenvalue weighted by atomic mass is 9.83. The van der Waals surface area contributed by atoms with Gasteiger partial charge in [0, 0.05) is 6.04 Å². The van der Waals surface area contributed by atoms with Crippen LogP contribution in [0.1, 0.15) is 60.3 Å². The summed E-state index contributed by atoms with van der Waals surface area (Å²) >= 11 is 0. The van der Waals surface area contributed by atoms with Crippen molar-refractivity contribution in [2.24, 2.45) is 0 Å². The average molecular weight is 252 g/mol. The predicted molar refractivity (Wildman–Crippen MR) is 70.0 cm³/mol. The minimum absolute atomic E-state index is 0.0631. The number of likely N-dealkylation sites (tertiary alicyclic amines) is 1. The van der Waals surface area contributed by atoms with Gasteiger partial charge in [0.05, 0.1) is 6.07 Å². The number of nitriles is 1. The Kier molecular flexibility index (Phi) is 4.26. The summed E-state index contributed by atoms with van der Waals surface area (Å²) in [5.74, 6) is 0. The van der Waals surface area contributed by atoms with Gasteiger partial charge >= 0.3 is 6.09 Å². The minimum Gasteiger partial charge on any atom is -0.444 e. The van der Waals surface area contributed by atoms with E-state index in [4.69, 9.17) is 4.74 Å². The summed E-state index contributed by atoms with van der Waals surface area (Å²) in [4.78, 5) is 14.0. The van der Waals surface area contributed by atoms with Gasteiger partial charge in [-0.15, -0.1) is 0 Å². The number of hydrogen-bond acceptors (Lipinski definition) is 3. The maximum atomic E-state index is 12.3. The smallest absolute Gasteiger partial charge is 0.411 e. The van der Waals surface area contributed by atoms with Crippen LogP contribution in [0.15, 0.2) is 0 Å². The largest absolute Gasteiger partial charge is 0.444 e. The zero-order valence-corrected chi connectivity index (χ0v) is 12.1. The van der Waals surface area contributed by atoms with E-state index in [0.29, 0.717) is 6.42 Å². The molecule has 2 atom stereocenters. The fourth-order valence-electron chi connectivity index (χ4n) is 2.56. The van der Waals surface area contributed by atoms with Crippen LogP contribution in [-0.2, 0) is 4.74 Å². The molecule has 1 rings (SSSR count). The molecule has 0 aliphatic carbocycles. The third kappa shape index (κ3) is 2.95. The van der Waals surface area contributed by atoms with E-state index in [9.17, 15) is 10.1 Å². The summed E-state index contributed by atoms with van der Waals surface area (Å²) in [6, 6.07) is 2.40. The van der Waals surface area contributed by atoms with Crippen molar-refractivity contribution in [3.63, 3.8) is 0 Å². The van der Waals surface area contributed by atoms with Crippen molar-refractivity contribution in [2.75, 3.05) is 0 Å². The summed E-state index contributed by atoms with van der Waals surface area (Å²) in [6.45, 7) is 9.49. The maximum absolute atomic E-state index is 12.3. The average Bonchev–Trinajstić information content (AvgIpc) is 2.25. The monoisotopic (exact) mass is 252 g/mol. The molecule has 1 aliphatic rings. The first kappa shape index (κ1) is 14.8. The lowest BCUT2D eigenvalue weighted by molar-refractivity contribution is -0.0187. The van der Waals surface area contributed by atoms with Gasteiger partial charge in [-0.3, -0.25) is 4.90 Å². The Hall–Kier alpha value is -1.24. The van der Waals surface area contributed by atoms with E-state index >= 15 is 0 Å². The van der Waals surface area contributed by atoms with Crippen molar-refractivity contribution in [3.05, 3.63) is 0 Å². The van der Waals surface area contributed by atoms with Crippen LogP contribution in [0.2, 0.25) is 0 Å². The van der Waals surface area contributed by atoms with Crippen LogP contribution in [0.5, 0.6) is 0 Å². The molecule has 18 heavy (non-hydrogen) atoms. The molecular weight excluding hydrogens is 228 g/mol. The second-order valence-corrected chi connectivity index (χ2v) is 6.09. The molecule has 0 aromatic heterocycles. The van der Waals surface area contributed by atoms with Crippen LogP contribution >= 0.6 is 0 Å². The molecule has 4 nitrogen and oxygen atoms in total. The normalized spacial score (nSPS) is 28.7. The van der Waals surface area contributed by atoms with E-state index in [-0.39, 0.29) is 12.1 Å². The van der Waals surface area contributed by atoms with Crippen molar-refractivity contribution in [3.8, 4) is 6.07 Å². The molecule has 0 radical (unpaired) electrons. The summed E-state index contributed by atoms with van der Waals surface area (Å²) in [7, 11) is 0. The van der Waals surface area contributed by atoms with Crippen molar-refractivity contribution < 1.29 is 9.53 Å². The predicted octanol–water partition coefficient (Wildman–Crippen LogP) is 3.47. The van der Waals surface area contributed by atoms with Gasteiger partial charge in [0.1, 0.15) is 11.1 Å². The van der Waals surface area contributed by atoms with E-state index in [2.05, 4.69) is 6.07 Å². The molecule has 0 aromatic carbocycles. The SMILES string of the molecule is CC[C@]1(C#N)CCC[C@@H](C)N1C(=O)OC(C)(C)C. The lowest BCUT2D eigenvalue weighted by Gasteiger charge is -2.46. The van der Waals surface area contributed by atoms with Crippen molar-refractivity contribution >= 4 is 6.09 Å². The van der Waals surface area contributed by atoms with Gasteiger partial charge in [-0.25, -0.2) is 4.79 Å². The fraction of sp³-hybridized carbons (Fsp3) is 0.857. The Bertz CT molecular complexity index is 354. The van der Waals surface area contributed by atoms with Gasteiger partial charge < -0.3 is 4.74 Å². The van der Waals surface area contributed by atoms with Crippen LogP contribution in [0.3, 0.4) is 0 Å². The Morgan fingerprint density at radius 1 is 1.56 bits per heavy atom. The van der Waals surface area contributed by atoms with Crippen molar-refractivity contribution in [2.45, 2.75) is 77.5 Å². The van der Waals surface area contributed by atoms with Crippen LogP contribution in [0.4, 0.5) is 4.79 Å². The molecule has 1 amide bonds. The van der Waals surface area contributed by atoms with Crippen LogP contribution in [0.25, 0.3) is 0 Å². The van der Waals surface area contributed by atoms with Gasteiger partial charge in [-0.05, 0) is 53.4 Å². The van der Waals surface area contributed by atoms with E-state index < -0.39 is 11.1 Å². The minimum atomic E-state index is -0.694. The Labute approximate surface area is 110 Å². The maximum Gasteiger partial charge on any atom is 0.411 e. The van der Waals surface area contributed by atoms with Crippen LogP contribution < -0.4 is 0 Å². The molecule has 0 bridgehead atoms. The molecule has 0 unspecified atom stereocenters. The molecule has 1 fully saturated rings. The van der Waals surface area contributed by atoms with Crippen molar-refractivity contribution in [1.29, 1.82) is 5.26 Å². The Morgan fingerprint density at radius 3 is 2.61 bits per heavy atom. The zero-order chi connectivity index (χ0) is 14.0. The zero-order valence-electron chi connectivity index (χ0n) is 12.1. The quantitative estimate of drug-likeness (QED) is 0.718. The van der Waals surface area contributed by atoms with Gasteiger partial charge in [0.15, 0.2) is 0 Å². The number of carbonyl (C=O) groups excluding carboxylic acids is 1. The summed E-state index contributed by atoms with van der Waals surface area (Å²) < 4.78 is 5.44. The third-order valence-electron chi connectivity index (χ3n) is 3.50. The lowest BCUT2D eigenvalue weighted by Crippen LogP contribution is -2.58. The van der Waals surface area contributed by atoms with Gasteiger partial charge in [-0.2, -0.15) is 5.26 Å². The number of amides is 1. The highest BCUT2D eigenvalue weighted by atomic mass is 16.6. The second kappa shape index (κ2) is 5.17. The number of ether oxygens (including phenoxy) is 1. The number of nitrogens with zero attached hydrogens (tertiary/aromatic N) is 2. The first-order chi connectivity index (χ1) is 8.25. The summed E-state index contributed by atoms with van der Waals surface area (Å²) in [6.07, 6.45) is 2.94. The molecule has 1 saturated heterocycles. The number of piperidine rings is 1.